The van der Waals surface area contributed by atoms with E-state index in [1.807, 2.05) is 13.0 Å². The highest BCUT2D eigenvalue weighted by molar-refractivity contribution is 7.19. The third kappa shape index (κ3) is 0.848. The normalized spacial score (nSPS) is 10.8. The molecule has 2 aromatic heterocycles. The minimum atomic E-state index is -0.860. The number of hydrogen-bond donors (Lipinski definition) is 2. The maximum atomic E-state index is 10.8. The molecule has 12 heavy (non-hydrogen) atoms. The average molecular weight is 181 g/mol. The summed E-state index contributed by atoms with van der Waals surface area (Å²) in [5.74, 6) is -0.860. The zero-order valence-corrected chi connectivity index (χ0v) is 7.23. The van der Waals surface area contributed by atoms with Crippen molar-refractivity contribution in [3.63, 3.8) is 0 Å². The van der Waals surface area contributed by atoms with Gasteiger partial charge in [-0.15, -0.1) is 11.3 Å². The topological polar surface area (TPSA) is 53.1 Å². The Kier molecular flexibility index (Phi) is 1.44. The molecule has 2 N–H and O–H groups in total. The molecule has 0 unspecified atom stereocenters. The predicted octanol–water partition coefficient (Wildman–Crippen LogP) is 2.24. The molecule has 3 nitrogen and oxygen atoms in total. The first kappa shape index (κ1) is 7.36. The molecule has 0 bridgehead atoms. The van der Waals surface area contributed by atoms with E-state index in [2.05, 4.69) is 4.98 Å². The lowest BCUT2D eigenvalue weighted by molar-refractivity contribution is 0.0698. The van der Waals surface area contributed by atoms with Gasteiger partial charge in [0.1, 0.15) is 0 Å². The molecule has 0 aliphatic carbocycles. The first-order chi connectivity index (χ1) is 5.70. The highest BCUT2D eigenvalue weighted by Gasteiger charge is 2.15. The Balaban J connectivity index is 2.84. The summed E-state index contributed by atoms with van der Waals surface area (Å²) >= 11 is 1.50. The van der Waals surface area contributed by atoms with Gasteiger partial charge in [-0.1, -0.05) is 0 Å². The minimum absolute atomic E-state index is 0.403. The molecule has 4 heteroatoms. The Labute approximate surface area is 72.6 Å². The number of aromatic amines is 1. The monoisotopic (exact) mass is 181 g/mol. The van der Waals surface area contributed by atoms with Crippen LogP contribution < -0.4 is 0 Å². The van der Waals surface area contributed by atoms with Crippen LogP contribution in [0.5, 0.6) is 0 Å². The Morgan fingerprint density at radius 3 is 3.08 bits per heavy atom. The number of H-pyrrole nitrogens is 1. The number of thiophene rings is 1. The fourth-order valence-corrected chi connectivity index (χ4v) is 2.31. The molecule has 0 fully saturated rings. The number of aryl methyl sites for hydroxylation is 1. The second-order valence-electron chi connectivity index (χ2n) is 2.56. The smallest absolute Gasteiger partial charge is 0.338 e. The molecule has 2 heterocycles. The number of hydrogen-bond acceptors (Lipinski definition) is 2. The molecule has 0 aliphatic heterocycles. The van der Waals surface area contributed by atoms with Gasteiger partial charge in [-0.2, -0.15) is 0 Å². The van der Waals surface area contributed by atoms with Crippen LogP contribution in [0.1, 0.15) is 15.2 Å². The molecule has 0 radical (unpaired) electrons. The first-order valence-corrected chi connectivity index (χ1v) is 4.31. The van der Waals surface area contributed by atoms with Gasteiger partial charge in [-0.3, -0.25) is 0 Å². The lowest BCUT2D eigenvalue weighted by atomic mass is 10.2. The molecule has 0 atom stereocenters. The summed E-state index contributed by atoms with van der Waals surface area (Å²) in [5.41, 5.74) is 1.14. The summed E-state index contributed by atoms with van der Waals surface area (Å²) in [6.07, 6.45) is 1.76. The Bertz CT molecular complexity index is 441. The van der Waals surface area contributed by atoms with E-state index in [1.54, 1.807) is 6.20 Å². The SMILES string of the molecule is Cc1sc2cc[nH]c2c1C(=O)O. The van der Waals surface area contributed by atoms with Crippen LogP contribution >= 0.6 is 11.3 Å². The number of nitrogens with one attached hydrogen (secondary N) is 1. The number of carbonyl (C=O) groups is 1. The van der Waals surface area contributed by atoms with Crippen LogP contribution in [-0.4, -0.2) is 16.1 Å². The number of fused-ring (bicyclic) bond motifs is 1. The number of aromatic carboxylic acids is 1. The van der Waals surface area contributed by atoms with Gasteiger partial charge in [0.25, 0.3) is 0 Å². The lowest BCUT2D eigenvalue weighted by Gasteiger charge is -1.89. The van der Waals surface area contributed by atoms with Crippen LogP contribution in [0.25, 0.3) is 10.2 Å². The van der Waals surface area contributed by atoms with E-state index in [9.17, 15) is 4.79 Å². The Hall–Kier alpha value is -1.29. The van der Waals surface area contributed by atoms with Crippen molar-refractivity contribution in [2.75, 3.05) is 0 Å². The van der Waals surface area contributed by atoms with E-state index in [0.29, 0.717) is 5.56 Å². The van der Waals surface area contributed by atoms with E-state index >= 15 is 0 Å². The molecule has 0 spiro atoms. The molecular formula is C8H7NO2S. The second-order valence-corrected chi connectivity index (χ2v) is 3.81. The van der Waals surface area contributed by atoms with Crippen molar-refractivity contribution in [1.29, 1.82) is 0 Å². The summed E-state index contributed by atoms with van der Waals surface area (Å²) in [7, 11) is 0. The van der Waals surface area contributed by atoms with Crippen LogP contribution in [-0.2, 0) is 0 Å². The minimum Gasteiger partial charge on any atom is -0.478 e. The summed E-state index contributed by atoms with van der Waals surface area (Å²) < 4.78 is 1.00. The van der Waals surface area contributed by atoms with Crippen LogP contribution in [0.3, 0.4) is 0 Å². The van der Waals surface area contributed by atoms with Crippen molar-refractivity contribution in [3.05, 3.63) is 22.7 Å². The van der Waals surface area contributed by atoms with Crippen molar-refractivity contribution in [3.8, 4) is 0 Å². The molecule has 62 valence electrons. The van der Waals surface area contributed by atoms with Crippen molar-refractivity contribution in [2.45, 2.75) is 6.92 Å². The van der Waals surface area contributed by atoms with E-state index in [1.165, 1.54) is 11.3 Å². The maximum absolute atomic E-state index is 10.8. The highest BCUT2D eigenvalue weighted by Crippen LogP contribution is 2.29. The fraction of sp³-hybridized carbons (Fsp3) is 0.125. The molecular weight excluding hydrogens is 174 g/mol. The molecule has 0 saturated heterocycles. The third-order valence-electron chi connectivity index (χ3n) is 1.79. The molecule has 2 aromatic rings. The van der Waals surface area contributed by atoms with Gasteiger partial charge in [0.15, 0.2) is 0 Å². The summed E-state index contributed by atoms with van der Waals surface area (Å²) in [6.45, 7) is 1.82. The van der Waals surface area contributed by atoms with Crippen molar-refractivity contribution < 1.29 is 9.90 Å². The number of aromatic nitrogens is 1. The van der Waals surface area contributed by atoms with Gasteiger partial charge >= 0.3 is 5.97 Å². The average Bonchev–Trinajstić information content (AvgIpc) is 2.44. The van der Waals surface area contributed by atoms with E-state index in [-0.39, 0.29) is 0 Å². The summed E-state index contributed by atoms with van der Waals surface area (Å²) in [6, 6.07) is 1.89. The molecule has 0 amide bonds. The lowest BCUT2D eigenvalue weighted by Crippen LogP contribution is -1.96. The van der Waals surface area contributed by atoms with Crippen molar-refractivity contribution >= 4 is 27.5 Å². The van der Waals surface area contributed by atoms with E-state index in [0.717, 1.165) is 15.1 Å². The Morgan fingerprint density at radius 2 is 2.42 bits per heavy atom. The highest BCUT2D eigenvalue weighted by atomic mass is 32.1. The molecule has 0 saturated carbocycles. The second kappa shape index (κ2) is 2.35. The van der Waals surface area contributed by atoms with Gasteiger partial charge < -0.3 is 10.1 Å². The van der Waals surface area contributed by atoms with Crippen LogP contribution in [0.2, 0.25) is 0 Å². The van der Waals surface area contributed by atoms with Gasteiger partial charge in [-0.25, -0.2) is 4.79 Å². The third-order valence-corrected chi connectivity index (χ3v) is 2.86. The predicted molar refractivity (Wildman–Crippen MR) is 47.9 cm³/mol. The van der Waals surface area contributed by atoms with E-state index in [4.69, 9.17) is 5.11 Å². The van der Waals surface area contributed by atoms with Crippen LogP contribution in [0, 0.1) is 6.92 Å². The van der Waals surface area contributed by atoms with Crippen LogP contribution in [0.15, 0.2) is 12.3 Å². The number of carboxylic acids is 1. The zero-order valence-electron chi connectivity index (χ0n) is 6.42. The number of rotatable bonds is 1. The first-order valence-electron chi connectivity index (χ1n) is 3.50. The van der Waals surface area contributed by atoms with Gasteiger partial charge in [0, 0.05) is 11.1 Å². The summed E-state index contributed by atoms with van der Waals surface area (Å²) in [5, 5.41) is 8.86. The Morgan fingerprint density at radius 1 is 1.67 bits per heavy atom. The quantitative estimate of drug-likeness (QED) is 0.708. The molecule has 0 aromatic carbocycles. The van der Waals surface area contributed by atoms with E-state index < -0.39 is 5.97 Å². The summed E-state index contributed by atoms with van der Waals surface area (Å²) in [4.78, 5) is 14.6. The van der Waals surface area contributed by atoms with Gasteiger partial charge in [0.05, 0.1) is 15.8 Å². The largest absolute Gasteiger partial charge is 0.478 e. The maximum Gasteiger partial charge on any atom is 0.338 e. The van der Waals surface area contributed by atoms with Crippen LogP contribution in [0.4, 0.5) is 0 Å². The van der Waals surface area contributed by atoms with Crippen molar-refractivity contribution in [1.82, 2.24) is 4.98 Å². The zero-order chi connectivity index (χ0) is 8.72. The molecule has 2 rings (SSSR count). The van der Waals surface area contributed by atoms with Crippen molar-refractivity contribution in [2.24, 2.45) is 0 Å². The molecule has 0 aliphatic rings. The number of carboxylic acid groups (broad SMARTS) is 1. The van der Waals surface area contributed by atoms with Gasteiger partial charge in [0.2, 0.25) is 0 Å². The standard InChI is InChI=1S/C8H7NO2S/c1-4-6(8(10)11)7-5(12-4)2-3-9-7/h2-3,9H,1H3,(H,10,11). The van der Waals surface area contributed by atoms with Gasteiger partial charge in [-0.05, 0) is 13.0 Å². The fourth-order valence-electron chi connectivity index (χ4n) is 1.29.